The first-order valence-corrected chi connectivity index (χ1v) is 8.86. The van der Waals surface area contributed by atoms with Crippen LogP contribution in [0.4, 0.5) is 22.9 Å². The Kier molecular flexibility index (Phi) is 5.15. The lowest BCUT2D eigenvalue weighted by Crippen LogP contribution is -2.13. The van der Waals surface area contributed by atoms with Gasteiger partial charge in [-0.3, -0.25) is 10.1 Å². The SMILES string of the molecule is CC(C)(C)c1nn(-c2ccc(Cl)cc2)c(N)c1N=Nc1ccc([N+](=O)[O-])cc1. The molecule has 8 nitrogen and oxygen atoms in total. The van der Waals surface area contributed by atoms with Gasteiger partial charge in [0.15, 0.2) is 11.5 Å². The van der Waals surface area contributed by atoms with Crippen molar-refractivity contribution < 1.29 is 4.92 Å². The number of nitro groups is 1. The van der Waals surface area contributed by atoms with Crippen molar-refractivity contribution in [2.75, 3.05) is 5.73 Å². The van der Waals surface area contributed by atoms with Gasteiger partial charge in [0, 0.05) is 22.6 Å². The number of anilines is 1. The predicted molar refractivity (Wildman–Crippen MR) is 109 cm³/mol. The molecule has 2 aromatic carbocycles. The number of nitro benzene ring substituents is 1. The van der Waals surface area contributed by atoms with Crippen LogP contribution in [0.2, 0.25) is 5.02 Å². The standard InChI is InChI=1S/C19H19ClN6O2/c1-19(2,3)17-16(23-22-13-6-10-15(11-7-13)26(27)28)18(21)25(24-17)14-8-4-12(20)5-9-14/h4-11H,21H2,1-3H3. The molecular weight excluding hydrogens is 380 g/mol. The Bertz CT molecular complexity index is 1030. The van der Waals surface area contributed by atoms with E-state index in [9.17, 15) is 10.1 Å². The summed E-state index contributed by atoms with van der Waals surface area (Å²) in [7, 11) is 0. The Morgan fingerprint density at radius 1 is 1.07 bits per heavy atom. The molecule has 0 saturated heterocycles. The van der Waals surface area contributed by atoms with Crippen molar-refractivity contribution in [1.29, 1.82) is 0 Å². The van der Waals surface area contributed by atoms with Crippen molar-refractivity contribution >= 4 is 34.5 Å². The second-order valence-electron chi connectivity index (χ2n) is 7.19. The van der Waals surface area contributed by atoms with Crippen LogP contribution < -0.4 is 5.73 Å². The molecule has 1 heterocycles. The van der Waals surface area contributed by atoms with Crippen LogP contribution in [0, 0.1) is 10.1 Å². The molecule has 3 rings (SSSR count). The van der Waals surface area contributed by atoms with Gasteiger partial charge < -0.3 is 5.73 Å². The minimum absolute atomic E-state index is 0.00981. The van der Waals surface area contributed by atoms with Gasteiger partial charge in [0.25, 0.3) is 5.69 Å². The number of aromatic nitrogens is 2. The van der Waals surface area contributed by atoms with E-state index in [1.807, 2.05) is 32.9 Å². The molecule has 0 spiro atoms. The van der Waals surface area contributed by atoms with E-state index >= 15 is 0 Å². The van der Waals surface area contributed by atoms with E-state index in [4.69, 9.17) is 17.3 Å². The zero-order chi connectivity index (χ0) is 20.5. The van der Waals surface area contributed by atoms with Crippen LogP contribution in [0.5, 0.6) is 0 Å². The van der Waals surface area contributed by atoms with Crippen LogP contribution >= 0.6 is 11.6 Å². The summed E-state index contributed by atoms with van der Waals surface area (Å²) in [6.07, 6.45) is 0. The van der Waals surface area contributed by atoms with Gasteiger partial charge >= 0.3 is 0 Å². The molecule has 0 bridgehead atoms. The van der Waals surface area contributed by atoms with E-state index in [2.05, 4.69) is 15.3 Å². The lowest BCUT2D eigenvalue weighted by Gasteiger charge is -2.15. The molecule has 2 N–H and O–H groups in total. The summed E-state index contributed by atoms with van der Waals surface area (Å²) in [6, 6.07) is 12.9. The number of halogens is 1. The van der Waals surface area contributed by atoms with Gasteiger partial charge in [-0.1, -0.05) is 32.4 Å². The molecule has 0 aliphatic rings. The molecule has 144 valence electrons. The summed E-state index contributed by atoms with van der Waals surface area (Å²) in [5, 5.41) is 24.5. The normalized spacial score (nSPS) is 11.9. The number of benzene rings is 2. The Labute approximate surface area is 166 Å². The monoisotopic (exact) mass is 398 g/mol. The van der Waals surface area contributed by atoms with E-state index in [0.29, 0.717) is 27.9 Å². The summed E-state index contributed by atoms with van der Waals surface area (Å²) in [4.78, 5) is 10.3. The molecule has 3 aromatic rings. The second-order valence-corrected chi connectivity index (χ2v) is 7.63. The average molecular weight is 399 g/mol. The van der Waals surface area contributed by atoms with Crippen LogP contribution in [0.15, 0.2) is 58.8 Å². The van der Waals surface area contributed by atoms with Crippen molar-refractivity contribution in [3.05, 3.63) is 69.4 Å². The Balaban J connectivity index is 2.03. The van der Waals surface area contributed by atoms with Crippen molar-refractivity contribution in [3.8, 4) is 5.69 Å². The molecular formula is C19H19ClN6O2. The maximum Gasteiger partial charge on any atom is 0.269 e. The molecule has 0 unspecified atom stereocenters. The number of hydrogen-bond acceptors (Lipinski definition) is 6. The van der Waals surface area contributed by atoms with Gasteiger partial charge in [-0.15, -0.1) is 5.11 Å². The minimum atomic E-state index is -0.466. The van der Waals surface area contributed by atoms with Crippen LogP contribution in [0.3, 0.4) is 0 Å². The molecule has 0 aliphatic carbocycles. The Morgan fingerprint density at radius 2 is 1.68 bits per heavy atom. The van der Waals surface area contributed by atoms with Crippen molar-refractivity contribution in [3.63, 3.8) is 0 Å². The molecule has 0 radical (unpaired) electrons. The molecule has 0 amide bonds. The quantitative estimate of drug-likeness (QED) is 0.343. The van der Waals surface area contributed by atoms with Crippen LogP contribution in [-0.4, -0.2) is 14.7 Å². The Hall–Kier alpha value is -3.26. The highest BCUT2D eigenvalue weighted by atomic mass is 35.5. The molecule has 9 heteroatoms. The molecule has 0 saturated carbocycles. The Morgan fingerprint density at radius 3 is 2.21 bits per heavy atom. The first kappa shape index (κ1) is 19.5. The fraction of sp³-hybridized carbons (Fsp3) is 0.211. The van der Waals surface area contributed by atoms with Crippen molar-refractivity contribution in [2.24, 2.45) is 10.2 Å². The van der Waals surface area contributed by atoms with E-state index in [0.717, 1.165) is 5.69 Å². The van der Waals surface area contributed by atoms with Gasteiger partial charge in [-0.25, -0.2) is 4.68 Å². The van der Waals surface area contributed by atoms with Crippen molar-refractivity contribution in [2.45, 2.75) is 26.2 Å². The summed E-state index contributed by atoms with van der Waals surface area (Å²) in [6.45, 7) is 6.02. The average Bonchev–Trinajstić information content (AvgIpc) is 2.98. The van der Waals surface area contributed by atoms with Gasteiger partial charge in [-0.05, 0) is 36.4 Å². The fourth-order valence-corrected chi connectivity index (χ4v) is 2.68. The third kappa shape index (κ3) is 4.01. The molecule has 0 atom stereocenters. The molecule has 0 aliphatic heterocycles. The topological polar surface area (TPSA) is 112 Å². The first-order chi connectivity index (χ1) is 13.2. The number of nitrogens with two attached hydrogens (primary N) is 1. The first-order valence-electron chi connectivity index (χ1n) is 8.48. The number of non-ortho nitro benzene ring substituents is 1. The molecule has 0 fully saturated rings. The number of azo groups is 1. The van der Waals surface area contributed by atoms with Gasteiger partial charge in [0.2, 0.25) is 0 Å². The van der Waals surface area contributed by atoms with E-state index in [-0.39, 0.29) is 11.1 Å². The number of hydrogen-bond donors (Lipinski definition) is 1. The smallest absolute Gasteiger partial charge is 0.269 e. The number of nitrogens with zero attached hydrogens (tertiary/aromatic N) is 5. The number of nitrogen functional groups attached to an aromatic ring is 1. The third-order valence-corrected chi connectivity index (χ3v) is 4.25. The second kappa shape index (κ2) is 7.40. The predicted octanol–water partition coefficient (Wildman–Crippen LogP) is 5.73. The number of rotatable bonds is 4. The molecule has 28 heavy (non-hydrogen) atoms. The fourth-order valence-electron chi connectivity index (χ4n) is 2.55. The van der Waals surface area contributed by atoms with E-state index in [1.54, 1.807) is 16.8 Å². The summed E-state index contributed by atoms with van der Waals surface area (Å²) >= 11 is 5.96. The van der Waals surface area contributed by atoms with E-state index < -0.39 is 4.92 Å². The van der Waals surface area contributed by atoms with Crippen LogP contribution in [0.25, 0.3) is 5.69 Å². The lowest BCUT2D eigenvalue weighted by molar-refractivity contribution is -0.384. The highest BCUT2D eigenvalue weighted by Crippen LogP contribution is 2.38. The molecule has 1 aromatic heterocycles. The summed E-state index contributed by atoms with van der Waals surface area (Å²) in [5.41, 5.74) is 8.36. The largest absolute Gasteiger partial charge is 0.382 e. The summed E-state index contributed by atoms with van der Waals surface area (Å²) in [5.74, 6) is 0.345. The van der Waals surface area contributed by atoms with Gasteiger partial charge in [0.1, 0.15) is 0 Å². The van der Waals surface area contributed by atoms with E-state index in [1.165, 1.54) is 24.3 Å². The summed E-state index contributed by atoms with van der Waals surface area (Å²) < 4.78 is 1.60. The van der Waals surface area contributed by atoms with Crippen LogP contribution in [-0.2, 0) is 5.41 Å². The minimum Gasteiger partial charge on any atom is -0.382 e. The van der Waals surface area contributed by atoms with Gasteiger partial charge in [-0.2, -0.15) is 10.2 Å². The van der Waals surface area contributed by atoms with Crippen LogP contribution in [0.1, 0.15) is 26.5 Å². The van der Waals surface area contributed by atoms with Gasteiger partial charge in [0.05, 0.1) is 22.0 Å². The zero-order valence-electron chi connectivity index (χ0n) is 15.6. The highest BCUT2D eigenvalue weighted by Gasteiger charge is 2.26. The highest BCUT2D eigenvalue weighted by molar-refractivity contribution is 6.30. The lowest BCUT2D eigenvalue weighted by atomic mass is 9.91. The maximum absolute atomic E-state index is 10.8. The zero-order valence-corrected chi connectivity index (χ0v) is 16.4. The maximum atomic E-state index is 10.8. The third-order valence-electron chi connectivity index (χ3n) is 4.00. The van der Waals surface area contributed by atoms with Crippen molar-refractivity contribution in [1.82, 2.24) is 9.78 Å².